The van der Waals surface area contributed by atoms with E-state index < -0.39 is 0 Å². The van der Waals surface area contributed by atoms with Gasteiger partial charge < -0.3 is 0 Å². The minimum absolute atomic E-state index is 1.24. The summed E-state index contributed by atoms with van der Waals surface area (Å²) in [5.41, 5.74) is 7.58. The third-order valence-electron chi connectivity index (χ3n) is 7.28. The second-order valence-electron chi connectivity index (χ2n) is 10.1. The Balaban J connectivity index is 1.37. The van der Waals surface area contributed by atoms with E-state index >= 15 is 0 Å². The van der Waals surface area contributed by atoms with E-state index in [9.17, 15) is 0 Å². The lowest BCUT2D eigenvalue weighted by Gasteiger charge is -2.13. The summed E-state index contributed by atoms with van der Waals surface area (Å²) in [6.45, 7) is 0. The van der Waals surface area contributed by atoms with Crippen molar-refractivity contribution >= 4 is 24.6 Å². The summed E-state index contributed by atoms with van der Waals surface area (Å²) < 4.78 is 0. The quantitative estimate of drug-likeness (QED) is 0.181. The largest absolute Gasteiger partial charge is 0.0622 e. The van der Waals surface area contributed by atoms with Gasteiger partial charge in [-0.2, -0.15) is 0 Å². The van der Waals surface area contributed by atoms with Crippen molar-refractivity contribution < 1.29 is 0 Å². The van der Waals surface area contributed by atoms with Gasteiger partial charge in [0.15, 0.2) is 0 Å². The standard InChI is InChI=1S/C39H27P3/c1-5-14-28(15-6-1)32-24-36(30-18-9-3-10-19-30)41-38(26-32)34-22-13-23-35(40-34)39-27-33(29-16-7-2-8-17-29)25-37(42-39)31-20-11-4-12-21-31/h1-27H. The molecule has 0 nitrogen and oxygen atoms in total. The fourth-order valence-corrected chi connectivity index (χ4v) is 8.96. The number of hydrogen-bond acceptors (Lipinski definition) is 0. The number of benzene rings is 4. The van der Waals surface area contributed by atoms with Gasteiger partial charge in [-0.1, -0.05) is 152 Å². The molecule has 0 saturated carbocycles. The average molecular weight is 589 g/mol. The predicted octanol–water partition coefficient (Wildman–Crippen LogP) is 13.4. The molecule has 0 spiro atoms. The van der Waals surface area contributed by atoms with E-state index in [-0.39, 0.29) is 0 Å². The molecule has 198 valence electrons. The third kappa shape index (κ3) is 5.90. The molecule has 0 amide bonds. The van der Waals surface area contributed by atoms with Crippen LogP contribution in [0.15, 0.2) is 164 Å². The molecule has 0 bridgehead atoms. The van der Waals surface area contributed by atoms with Gasteiger partial charge in [0.25, 0.3) is 0 Å². The van der Waals surface area contributed by atoms with Gasteiger partial charge in [0.2, 0.25) is 0 Å². The molecule has 0 aliphatic rings. The Bertz CT molecular complexity index is 1700. The lowest BCUT2D eigenvalue weighted by Crippen LogP contribution is -1.82. The van der Waals surface area contributed by atoms with Crippen molar-refractivity contribution in [3.63, 3.8) is 0 Å². The normalized spacial score (nSPS) is 11.4. The first-order chi connectivity index (χ1) is 20.8. The van der Waals surface area contributed by atoms with Crippen molar-refractivity contribution in [3.8, 4) is 65.2 Å². The zero-order valence-corrected chi connectivity index (χ0v) is 25.6. The maximum atomic E-state index is 2.39. The van der Waals surface area contributed by atoms with Crippen molar-refractivity contribution in [1.29, 1.82) is 0 Å². The van der Waals surface area contributed by atoms with Gasteiger partial charge in [0.05, 0.1) is 0 Å². The van der Waals surface area contributed by atoms with Crippen molar-refractivity contribution in [1.82, 2.24) is 0 Å². The van der Waals surface area contributed by atoms with Crippen LogP contribution in [0.25, 0.3) is 65.2 Å². The van der Waals surface area contributed by atoms with Gasteiger partial charge in [-0.15, -0.1) is 0 Å². The second-order valence-corrected chi connectivity index (χ2v) is 13.7. The minimum Gasteiger partial charge on any atom is -0.0622 e. The van der Waals surface area contributed by atoms with Gasteiger partial charge in [-0.3, -0.25) is 0 Å². The molecule has 0 unspecified atom stereocenters. The predicted molar refractivity (Wildman–Crippen MR) is 187 cm³/mol. The van der Waals surface area contributed by atoms with Crippen LogP contribution in [0.2, 0.25) is 0 Å². The molecule has 0 atom stereocenters. The highest BCUT2D eigenvalue weighted by atomic mass is 31.0. The summed E-state index contributed by atoms with van der Waals surface area (Å²) in [6, 6.07) is 59.4. The molecule has 0 aliphatic carbocycles. The van der Waals surface area contributed by atoms with Crippen molar-refractivity contribution in [2.75, 3.05) is 0 Å². The fraction of sp³-hybridized carbons (Fsp3) is 0. The molecule has 4 aromatic carbocycles. The zero-order valence-electron chi connectivity index (χ0n) is 22.9. The summed E-state index contributed by atoms with van der Waals surface area (Å²) in [6.07, 6.45) is 0. The average Bonchev–Trinajstić information content (AvgIpc) is 3.09. The van der Waals surface area contributed by atoms with Crippen molar-refractivity contribution in [3.05, 3.63) is 164 Å². The Hall–Kier alpha value is -4.17. The van der Waals surface area contributed by atoms with E-state index in [0.29, 0.717) is 0 Å². The van der Waals surface area contributed by atoms with Gasteiger partial charge in [0, 0.05) is 31.8 Å². The molecule has 3 aromatic heterocycles. The Labute approximate surface area is 252 Å². The highest BCUT2D eigenvalue weighted by Crippen LogP contribution is 2.48. The fourth-order valence-electron chi connectivity index (χ4n) is 5.15. The monoisotopic (exact) mass is 588 g/mol. The molecule has 0 radical (unpaired) electrons. The zero-order chi connectivity index (χ0) is 28.1. The first kappa shape index (κ1) is 26.7. The van der Waals surface area contributed by atoms with Crippen LogP contribution >= 0.6 is 24.6 Å². The Morgan fingerprint density at radius 1 is 0.214 bits per heavy atom. The summed E-state index contributed by atoms with van der Waals surface area (Å²) in [5.74, 6) is 0. The first-order valence-corrected chi connectivity index (χ1v) is 16.7. The van der Waals surface area contributed by atoms with Crippen LogP contribution in [-0.4, -0.2) is 0 Å². The molecule has 0 fully saturated rings. The minimum atomic E-state index is 1.24. The topological polar surface area (TPSA) is 0 Å². The molecule has 0 saturated heterocycles. The van der Waals surface area contributed by atoms with Gasteiger partial charge in [0.1, 0.15) is 0 Å². The molecule has 3 heteroatoms. The molecule has 3 heterocycles. The molecule has 7 rings (SSSR count). The SMILES string of the molecule is c1ccc(-c2cc(-c3ccccc3)pc(-c3cccc(-c4cc(-c5ccccc5)cc(-c5ccccc5)p4)p3)c2)cc1. The van der Waals surface area contributed by atoms with E-state index in [1.165, 1.54) is 89.7 Å². The Kier molecular flexibility index (Phi) is 7.87. The highest BCUT2D eigenvalue weighted by molar-refractivity contribution is 7.45. The van der Waals surface area contributed by atoms with Crippen LogP contribution in [0.4, 0.5) is 0 Å². The van der Waals surface area contributed by atoms with Gasteiger partial charge in [-0.25, -0.2) is 0 Å². The molecular weight excluding hydrogens is 561 g/mol. The first-order valence-electron chi connectivity index (χ1n) is 14.0. The van der Waals surface area contributed by atoms with Crippen LogP contribution in [0, 0.1) is 0 Å². The highest BCUT2D eigenvalue weighted by Gasteiger charge is 2.12. The van der Waals surface area contributed by atoms with E-state index in [2.05, 4.69) is 164 Å². The summed E-state index contributed by atoms with van der Waals surface area (Å²) in [4.78, 5) is 0. The number of hydrogen-bond donors (Lipinski definition) is 0. The van der Waals surface area contributed by atoms with Crippen LogP contribution in [0.5, 0.6) is 0 Å². The maximum absolute atomic E-state index is 2.39. The second kappa shape index (κ2) is 12.4. The maximum Gasteiger partial charge on any atom is 0.0148 e. The van der Waals surface area contributed by atoms with Crippen LogP contribution < -0.4 is 0 Å². The molecule has 42 heavy (non-hydrogen) atoms. The lowest BCUT2D eigenvalue weighted by molar-refractivity contribution is 1.64. The van der Waals surface area contributed by atoms with Gasteiger partial charge >= 0.3 is 0 Å². The van der Waals surface area contributed by atoms with E-state index in [1.807, 2.05) is 0 Å². The molecular formula is C39H27P3. The smallest absolute Gasteiger partial charge is 0.0148 e. The molecule has 7 aromatic rings. The van der Waals surface area contributed by atoms with Crippen LogP contribution in [-0.2, 0) is 0 Å². The third-order valence-corrected chi connectivity index (χ3v) is 11.4. The summed E-state index contributed by atoms with van der Waals surface area (Å²) in [7, 11) is 3.73. The van der Waals surface area contributed by atoms with E-state index in [1.54, 1.807) is 0 Å². The Morgan fingerprint density at radius 2 is 0.524 bits per heavy atom. The summed E-state index contributed by atoms with van der Waals surface area (Å²) in [5, 5.41) is 8.11. The Morgan fingerprint density at radius 3 is 0.905 bits per heavy atom. The molecule has 0 N–H and O–H groups in total. The summed E-state index contributed by atoms with van der Waals surface area (Å²) >= 11 is 0. The lowest BCUT2D eigenvalue weighted by atomic mass is 10.0. The van der Waals surface area contributed by atoms with Gasteiger partial charge in [-0.05, 0) is 69.8 Å². The van der Waals surface area contributed by atoms with Crippen molar-refractivity contribution in [2.45, 2.75) is 0 Å². The van der Waals surface area contributed by atoms with Crippen molar-refractivity contribution in [2.24, 2.45) is 0 Å². The number of rotatable bonds is 6. The molecule has 0 aliphatic heterocycles. The van der Waals surface area contributed by atoms with E-state index in [4.69, 9.17) is 0 Å². The van der Waals surface area contributed by atoms with Crippen LogP contribution in [0.1, 0.15) is 0 Å². The van der Waals surface area contributed by atoms with E-state index in [0.717, 1.165) is 0 Å². The van der Waals surface area contributed by atoms with Crippen LogP contribution in [0.3, 0.4) is 0 Å².